The molecular weight excluding hydrogens is 424 g/mol. The Labute approximate surface area is 193 Å². The van der Waals surface area contributed by atoms with Gasteiger partial charge in [0, 0.05) is 23.2 Å². The number of carbonyl (C=O) groups is 3. The molecule has 0 radical (unpaired) electrons. The summed E-state index contributed by atoms with van der Waals surface area (Å²) >= 11 is 5.08. The van der Waals surface area contributed by atoms with Crippen LogP contribution in [-0.2, 0) is 4.79 Å². The Morgan fingerprint density at radius 3 is 2.16 bits per heavy atom. The smallest absolute Gasteiger partial charge is 0.269 e. The van der Waals surface area contributed by atoms with Crippen LogP contribution in [0.2, 0.25) is 0 Å². The fraction of sp³-hybridized carbons (Fsp3) is 0.333. The van der Waals surface area contributed by atoms with Gasteiger partial charge in [-0.2, -0.15) is 0 Å². The SMILES string of the molecule is O=C(CCC1CCCCC1)NC(=S)NNC(=O)c1ccc(NC(=O)c2ccccc2)cc1. The van der Waals surface area contributed by atoms with Crippen LogP contribution < -0.4 is 21.5 Å². The number of benzene rings is 2. The maximum absolute atomic E-state index is 12.3. The van der Waals surface area contributed by atoms with Crippen LogP contribution in [0.1, 0.15) is 65.7 Å². The van der Waals surface area contributed by atoms with Gasteiger partial charge in [0.1, 0.15) is 0 Å². The van der Waals surface area contributed by atoms with Crippen molar-refractivity contribution in [2.75, 3.05) is 5.32 Å². The molecule has 4 N–H and O–H groups in total. The molecule has 2 aromatic rings. The van der Waals surface area contributed by atoms with Crippen LogP contribution in [0.15, 0.2) is 54.6 Å². The molecule has 0 aliphatic heterocycles. The van der Waals surface area contributed by atoms with E-state index in [0.29, 0.717) is 29.2 Å². The van der Waals surface area contributed by atoms with Crippen LogP contribution in [0, 0.1) is 5.92 Å². The summed E-state index contributed by atoms with van der Waals surface area (Å²) < 4.78 is 0. The molecule has 0 heterocycles. The molecule has 1 fully saturated rings. The number of anilines is 1. The molecule has 168 valence electrons. The molecular formula is C24H28N4O3S. The Morgan fingerprint density at radius 1 is 0.812 bits per heavy atom. The number of amides is 3. The fourth-order valence-electron chi connectivity index (χ4n) is 3.71. The highest BCUT2D eigenvalue weighted by molar-refractivity contribution is 7.80. The molecule has 0 unspecified atom stereocenters. The van der Waals surface area contributed by atoms with Crippen LogP contribution in [0.5, 0.6) is 0 Å². The van der Waals surface area contributed by atoms with Gasteiger partial charge in [-0.1, -0.05) is 50.3 Å². The van der Waals surface area contributed by atoms with Crippen molar-refractivity contribution in [3.05, 3.63) is 65.7 Å². The molecule has 32 heavy (non-hydrogen) atoms. The van der Waals surface area contributed by atoms with E-state index in [9.17, 15) is 14.4 Å². The second-order valence-electron chi connectivity index (χ2n) is 7.90. The van der Waals surface area contributed by atoms with Gasteiger partial charge in [0.2, 0.25) is 5.91 Å². The van der Waals surface area contributed by atoms with E-state index in [1.54, 1.807) is 48.5 Å². The minimum atomic E-state index is -0.412. The van der Waals surface area contributed by atoms with E-state index in [4.69, 9.17) is 12.2 Å². The van der Waals surface area contributed by atoms with Gasteiger partial charge < -0.3 is 10.6 Å². The third kappa shape index (κ3) is 7.46. The Morgan fingerprint density at radius 2 is 1.47 bits per heavy atom. The average Bonchev–Trinajstić information content (AvgIpc) is 2.83. The third-order valence-electron chi connectivity index (χ3n) is 5.49. The zero-order valence-electron chi connectivity index (χ0n) is 17.9. The molecule has 2 aromatic carbocycles. The fourth-order valence-corrected chi connectivity index (χ4v) is 3.88. The summed E-state index contributed by atoms with van der Waals surface area (Å²) in [5.74, 6) is -0.171. The number of thiocarbonyl (C=S) groups is 1. The average molecular weight is 453 g/mol. The van der Waals surface area contributed by atoms with E-state index in [0.717, 1.165) is 6.42 Å². The first-order chi connectivity index (χ1) is 15.5. The van der Waals surface area contributed by atoms with E-state index < -0.39 is 5.91 Å². The zero-order valence-corrected chi connectivity index (χ0v) is 18.7. The van der Waals surface area contributed by atoms with Gasteiger partial charge in [0.25, 0.3) is 11.8 Å². The van der Waals surface area contributed by atoms with Crippen molar-refractivity contribution in [2.24, 2.45) is 5.92 Å². The van der Waals surface area contributed by atoms with Crippen molar-refractivity contribution in [2.45, 2.75) is 44.9 Å². The number of nitrogens with one attached hydrogen (secondary N) is 4. The van der Waals surface area contributed by atoms with Crippen LogP contribution in [0.25, 0.3) is 0 Å². The van der Waals surface area contributed by atoms with Gasteiger partial charge in [-0.3, -0.25) is 25.2 Å². The zero-order chi connectivity index (χ0) is 22.8. The molecule has 0 bridgehead atoms. The second kappa shape index (κ2) is 12.0. The maximum Gasteiger partial charge on any atom is 0.269 e. The number of hydrazine groups is 1. The Kier molecular flexibility index (Phi) is 8.74. The summed E-state index contributed by atoms with van der Waals surface area (Å²) in [5, 5.41) is 5.42. The van der Waals surface area contributed by atoms with E-state index in [2.05, 4.69) is 21.5 Å². The summed E-state index contributed by atoms with van der Waals surface area (Å²) in [6.07, 6.45) is 7.48. The van der Waals surface area contributed by atoms with Gasteiger partial charge in [0.05, 0.1) is 0 Å². The second-order valence-corrected chi connectivity index (χ2v) is 8.30. The molecule has 0 aromatic heterocycles. The lowest BCUT2D eigenvalue weighted by Crippen LogP contribution is -2.48. The van der Waals surface area contributed by atoms with E-state index >= 15 is 0 Å². The maximum atomic E-state index is 12.3. The normalized spacial score (nSPS) is 13.6. The van der Waals surface area contributed by atoms with Crippen molar-refractivity contribution in [3.8, 4) is 0 Å². The lowest BCUT2D eigenvalue weighted by Gasteiger charge is -2.21. The molecule has 0 saturated heterocycles. The minimum Gasteiger partial charge on any atom is -0.322 e. The van der Waals surface area contributed by atoms with Crippen LogP contribution in [0.3, 0.4) is 0 Å². The standard InChI is InChI=1S/C24H28N4O3S/c29-21(16-11-17-7-3-1-4-8-17)26-24(32)28-27-23(31)19-12-14-20(15-13-19)25-22(30)18-9-5-2-6-10-18/h2,5-6,9-10,12-15,17H,1,3-4,7-8,11,16H2,(H,25,30)(H,27,31)(H2,26,28,29,32). The molecule has 1 saturated carbocycles. The molecule has 3 amide bonds. The Balaban J connectivity index is 1.38. The van der Waals surface area contributed by atoms with E-state index in [-0.39, 0.29) is 16.9 Å². The first-order valence-electron chi connectivity index (χ1n) is 10.9. The summed E-state index contributed by atoms with van der Waals surface area (Å²) in [6, 6.07) is 15.3. The topological polar surface area (TPSA) is 99.3 Å². The van der Waals surface area contributed by atoms with Gasteiger partial charge in [-0.15, -0.1) is 0 Å². The summed E-state index contributed by atoms with van der Waals surface area (Å²) in [5.41, 5.74) is 6.51. The largest absolute Gasteiger partial charge is 0.322 e. The van der Waals surface area contributed by atoms with Gasteiger partial charge in [-0.05, 0) is 61.0 Å². The summed E-state index contributed by atoms with van der Waals surface area (Å²) in [7, 11) is 0. The quantitative estimate of drug-likeness (QED) is 0.393. The van der Waals surface area contributed by atoms with Crippen molar-refractivity contribution in [3.63, 3.8) is 0 Å². The van der Waals surface area contributed by atoms with Gasteiger partial charge in [0.15, 0.2) is 5.11 Å². The number of hydrogen-bond donors (Lipinski definition) is 4. The van der Waals surface area contributed by atoms with Crippen molar-refractivity contribution < 1.29 is 14.4 Å². The van der Waals surface area contributed by atoms with Crippen LogP contribution >= 0.6 is 12.2 Å². The molecule has 0 spiro atoms. The molecule has 1 aliphatic rings. The number of hydrogen-bond acceptors (Lipinski definition) is 4. The number of carbonyl (C=O) groups excluding carboxylic acids is 3. The monoisotopic (exact) mass is 452 g/mol. The first-order valence-corrected chi connectivity index (χ1v) is 11.3. The van der Waals surface area contributed by atoms with E-state index in [1.807, 2.05) is 6.07 Å². The first kappa shape index (κ1) is 23.4. The highest BCUT2D eigenvalue weighted by Crippen LogP contribution is 2.27. The number of rotatable bonds is 6. The lowest BCUT2D eigenvalue weighted by molar-refractivity contribution is -0.120. The highest BCUT2D eigenvalue weighted by Gasteiger charge is 2.15. The molecule has 1 aliphatic carbocycles. The van der Waals surface area contributed by atoms with Crippen molar-refractivity contribution in [1.82, 2.24) is 16.2 Å². The predicted octanol–water partition coefficient (Wildman–Crippen LogP) is 3.93. The minimum absolute atomic E-state index is 0.0544. The summed E-state index contributed by atoms with van der Waals surface area (Å²) in [6.45, 7) is 0. The Hall–Kier alpha value is -3.26. The van der Waals surface area contributed by atoms with E-state index in [1.165, 1.54) is 32.1 Å². The van der Waals surface area contributed by atoms with Gasteiger partial charge >= 0.3 is 0 Å². The van der Waals surface area contributed by atoms with Crippen molar-refractivity contribution in [1.29, 1.82) is 0 Å². The van der Waals surface area contributed by atoms with Crippen molar-refractivity contribution >= 4 is 40.7 Å². The molecule has 7 nitrogen and oxygen atoms in total. The molecule has 0 atom stereocenters. The van der Waals surface area contributed by atoms with Crippen LogP contribution in [0.4, 0.5) is 5.69 Å². The Bertz CT molecular complexity index is 941. The molecule has 3 rings (SSSR count). The summed E-state index contributed by atoms with van der Waals surface area (Å²) in [4.78, 5) is 36.5. The lowest BCUT2D eigenvalue weighted by atomic mass is 9.86. The van der Waals surface area contributed by atoms with Gasteiger partial charge in [-0.25, -0.2) is 0 Å². The molecule has 8 heteroatoms. The highest BCUT2D eigenvalue weighted by atomic mass is 32.1. The third-order valence-corrected chi connectivity index (χ3v) is 5.69. The van der Waals surface area contributed by atoms with Crippen LogP contribution in [-0.4, -0.2) is 22.8 Å². The predicted molar refractivity (Wildman–Crippen MR) is 128 cm³/mol.